The van der Waals surface area contributed by atoms with E-state index in [0.717, 1.165) is 31.5 Å². The van der Waals surface area contributed by atoms with Crippen LogP contribution in [0.4, 0.5) is 0 Å². The van der Waals surface area contributed by atoms with Crippen LogP contribution in [0.3, 0.4) is 0 Å². The molecule has 112 valence electrons. The maximum atomic E-state index is 12.5. The summed E-state index contributed by atoms with van der Waals surface area (Å²) in [5.74, 6) is 0.0710. The Hall–Kier alpha value is -0.770. The fraction of sp³-hybridized carbons (Fsp3) is 0.533. The van der Waals surface area contributed by atoms with Crippen LogP contribution in [0.5, 0.6) is 0 Å². The van der Waals surface area contributed by atoms with Gasteiger partial charge >= 0.3 is 0 Å². The molecule has 20 heavy (non-hydrogen) atoms. The molecular weight excluding hydrogens is 295 g/mol. The number of nitrogens with one attached hydrogen (secondary N) is 2. The fourth-order valence-electron chi connectivity index (χ4n) is 2.34. The number of carbonyl (C=O) groups excluding carboxylic acids is 1. The summed E-state index contributed by atoms with van der Waals surface area (Å²) in [4.78, 5) is 12.5. The van der Waals surface area contributed by atoms with Crippen molar-refractivity contribution in [2.24, 2.45) is 0 Å². The van der Waals surface area contributed by atoms with Gasteiger partial charge < -0.3 is 10.6 Å². The van der Waals surface area contributed by atoms with Crippen molar-refractivity contribution in [3.8, 4) is 0 Å². The molecule has 1 aliphatic rings. The summed E-state index contributed by atoms with van der Waals surface area (Å²) in [7, 11) is 0. The van der Waals surface area contributed by atoms with Gasteiger partial charge in [0.15, 0.2) is 0 Å². The van der Waals surface area contributed by atoms with Crippen LogP contribution in [0.15, 0.2) is 24.3 Å². The molecule has 0 radical (unpaired) electrons. The molecule has 1 aliphatic heterocycles. The third-order valence-electron chi connectivity index (χ3n) is 3.79. The number of halogens is 2. The third kappa shape index (κ3) is 4.11. The molecule has 2 N–H and O–H groups in total. The number of amides is 1. The number of hydrogen-bond donors (Lipinski definition) is 2. The minimum Gasteiger partial charge on any atom is -0.353 e. The molecule has 0 saturated carbocycles. The summed E-state index contributed by atoms with van der Waals surface area (Å²) in [5, 5.41) is 7.12. The van der Waals surface area contributed by atoms with Crippen LogP contribution in [0, 0.1) is 0 Å². The minimum atomic E-state index is -0.560. The zero-order valence-corrected chi connectivity index (χ0v) is 13.5. The Kier molecular flexibility index (Phi) is 6.31. The number of carbonyl (C=O) groups is 1. The lowest BCUT2D eigenvalue weighted by atomic mass is 9.83. The van der Waals surface area contributed by atoms with E-state index in [4.69, 9.17) is 11.6 Å². The van der Waals surface area contributed by atoms with Gasteiger partial charge in [-0.05, 0) is 57.5 Å². The summed E-state index contributed by atoms with van der Waals surface area (Å²) in [6, 6.07) is 7.81. The molecule has 1 aromatic rings. The lowest BCUT2D eigenvalue weighted by molar-refractivity contribution is -0.126. The average molecular weight is 317 g/mol. The molecule has 1 aromatic carbocycles. The van der Waals surface area contributed by atoms with Gasteiger partial charge in [0, 0.05) is 11.1 Å². The smallest absolute Gasteiger partial charge is 0.230 e. The highest BCUT2D eigenvalue weighted by atomic mass is 35.5. The molecule has 0 atom stereocenters. The number of benzene rings is 1. The topological polar surface area (TPSA) is 41.1 Å². The molecule has 0 aromatic heterocycles. The minimum absolute atomic E-state index is 0. The zero-order chi connectivity index (χ0) is 13.9. The number of piperidine rings is 1. The van der Waals surface area contributed by atoms with Gasteiger partial charge in [-0.2, -0.15) is 0 Å². The molecule has 2 rings (SSSR count). The largest absolute Gasteiger partial charge is 0.353 e. The van der Waals surface area contributed by atoms with E-state index in [1.807, 2.05) is 38.1 Å². The Morgan fingerprint density at radius 3 is 2.60 bits per heavy atom. The normalized spacial score (nSPS) is 16.4. The highest BCUT2D eigenvalue weighted by molar-refractivity contribution is 6.30. The van der Waals surface area contributed by atoms with Crippen LogP contribution >= 0.6 is 24.0 Å². The standard InChI is InChI=1S/C15H21ClN2O.ClH/c1-15(2,11-4-3-5-12(16)10-11)14(19)18-13-6-8-17-9-7-13;/h3-5,10,13,17H,6-9H2,1-2H3,(H,18,19);1H. The molecule has 0 aliphatic carbocycles. The SMILES string of the molecule is CC(C)(C(=O)NC1CCNCC1)c1cccc(Cl)c1.Cl. The van der Waals surface area contributed by atoms with Crippen molar-refractivity contribution >= 4 is 29.9 Å². The van der Waals surface area contributed by atoms with E-state index in [1.165, 1.54) is 0 Å². The van der Waals surface area contributed by atoms with Crippen molar-refractivity contribution in [1.29, 1.82) is 0 Å². The molecule has 0 unspecified atom stereocenters. The maximum Gasteiger partial charge on any atom is 0.230 e. The van der Waals surface area contributed by atoms with Gasteiger partial charge in [-0.3, -0.25) is 4.79 Å². The van der Waals surface area contributed by atoms with Crippen molar-refractivity contribution in [3.63, 3.8) is 0 Å². The Morgan fingerprint density at radius 1 is 1.35 bits per heavy atom. The third-order valence-corrected chi connectivity index (χ3v) is 4.02. The predicted octanol–water partition coefficient (Wildman–Crippen LogP) is 2.91. The van der Waals surface area contributed by atoms with E-state index in [0.29, 0.717) is 5.02 Å². The van der Waals surface area contributed by atoms with E-state index in [-0.39, 0.29) is 24.4 Å². The highest BCUT2D eigenvalue weighted by Gasteiger charge is 2.31. The first kappa shape index (κ1) is 17.3. The Morgan fingerprint density at radius 2 is 2.00 bits per heavy atom. The van der Waals surface area contributed by atoms with E-state index >= 15 is 0 Å². The maximum absolute atomic E-state index is 12.5. The van der Waals surface area contributed by atoms with Gasteiger partial charge in [0.05, 0.1) is 5.41 Å². The second kappa shape index (κ2) is 7.30. The molecular formula is C15H22Cl2N2O. The van der Waals surface area contributed by atoms with Crippen LogP contribution in [0.25, 0.3) is 0 Å². The van der Waals surface area contributed by atoms with E-state index < -0.39 is 5.41 Å². The summed E-state index contributed by atoms with van der Waals surface area (Å²) >= 11 is 6.01. The molecule has 1 amide bonds. The first-order chi connectivity index (χ1) is 9.00. The van der Waals surface area contributed by atoms with Gasteiger partial charge in [0.2, 0.25) is 5.91 Å². The first-order valence-electron chi connectivity index (χ1n) is 6.78. The van der Waals surface area contributed by atoms with Crippen molar-refractivity contribution < 1.29 is 4.79 Å². The van der Waals surface area contributed by atoms with Crippen LogP contribution < -0.4 is 10.6 Å². The van der Waals surface area contributed by atoms with Gasteiger partial charge in [0.25, 0.3) is 0 Å². The van der Waals surface area contributed by atoms with Crippen molar-refractivity contribution in [2.75, 3.05) is 13.1 Å². The summed E-state index contributed by atoms with van der Waals surface area (Å²) < 4.78 is 0. The Balaban J connectivity index is 0.00000200. The van der Waals surface area contributed by atoms with Crippen LogP contribution in [0.1, 0.15) is 32.3 Å². The zero-order valence-electron chi connectivity index (χ0n) is 11.9. The second-order valence-corrected chi connectivity index (χ2v) is 6.07. The van der Waals surface area contributed by atoms with E-state index in [2.05, 4.69) is 10.6 Å². The summed E-state index contributed by atoms with van der Waals surface area (Å²) in [5.41, 5.74) is 0.391. The molecule has 1 saturated heterocycles. The molecule has 0 spiro atoms. The summed E-state index contributed by atoms with van der Waals surface area (Å²) in [6.45, 7) is 5.83. The molecule has 3 nitrogen and oxygen atoms in total. The van der Waals surface area contributed by atoms with Crippen molar-refractivity contribution in [1.82, 2.24) is 10.6 Å². The quantitative estimate of drug-likeness (QED) is 0.900. The molecule has 1 heterocycles. The van der Waals surface area contributed by atoms with Gasteiger partial charge in [-0.1, -0.05) is 23.7 Å². The fourth-order valence-corrected chi connectivity index (χ4v) is 2.53. The average Bonchev–Trinajstić information content (AvgIpc) is 2.40. The van der Waals surface area contributed by atoms with Gasteiger partial charge in [-0.25, -0.2) is 0 Å². The Bertz CT molecular complexity index is 457. The molecule has 1 fully saturated rings. The number of hydrogen-bond acceptors (Lipinski definition) is 2. The highest BCUT2D eigenvalue weighted by Crippen LogP contribution is 2.26. The van der Waals surface area contributed by atoms with Crippen LogP contribution in [-0.4, -0.2) is 25.0 Å². The predicted molar refractivity (Wildman–Crippen MR) is 85.8 cm³/mol. The van der Waals surface area contributed by atoms with E-state index in [1.54, 1.807) is 0 Å². The van der Waals surface area contributed by atoms with Crippen LogP contribution in [-0.2, 0) is 10.2 Å². The summed E-state index contributed by atoms with van der Waals surface area (Å²) in [6.07, 6.45) is 1.99. The lowest BCUT2D eigenvalue weighted by Gasteiger charge is -2.30. The second-order valence-electron chi connectivity index (χ2n) is 5.63. The van der Waals surface area contributed by atoms with Crippen molar-refractivity contribution in [3.05, 3.63) is 34.9 Å². The molecule has 5 heteroatoms. The van der Waals surface area contributed by atoms with E-state index in [9.17, 15) is 4.79 Å². The first-order valence-corrected chi connectivity index (χ1v) is 7.15. The Labute approximate surface area is 131 Å². The molecule has 0 bridgehead atoms. The monoisotopic (exact) mass is 316 g/mol. The lowest BCUT2D eigenvalue weighted by Crippen LogP contribution is -2.48. The van der Waals surface area contributed by atoms with Gasteiger partial charge in [0.1, 0.15) is 0 Å². The van der Waals surface area contributed by atoms with Gasteiger partial charge in [-0.15, -0.1) is 12.4 Å². The number of rotatable bonds is 3. The van der Waals surface area contributed by atoms with Crippen LogP contribution in [0.2, 0.25) is 5.02 Å². The van der Waals surface area contributed by atoms with Crippen molar-refractivity contribution in [2.45, 2.75) is 38.1 Å².